The van der Waals surface area contributed by atoms with Crippen LogP contribution in [0.2, 0.25) is 0 Å². The van der Waals surface area contributed by atoms with Crippen LogP contribution in [0.3, 0.4) is 0 Å². The van der Waals surface area contributed by atoms with Crippen molar-refractivity contribution in [3.8, 4) is 0 Å². The van der Waals surface area contributed by atoms with Crippen molar-refractivity contribution in [3.63, 3.8) is 0 Å². The number of hydrogen-bond donors (Lipinski definition) is 1. The molecule has 0 saturated carbocycles. The molecule has 6 heteroatoms. The van der Waals surface area contributed by atoms with Crippen LogP contribution in [0.25, 0.3) is 0 Å². The van der Waals surface area contributed by atoms with E-state index in [9.17, 15) is 0 Å². The SMILES string of the molecule is O.O=[N+]([O-])O.[FeH3]. The molecule has 0 unspecified atom stereocenters. The van der Waals surface area contributed by atoms with Gasteiger partial charge in [0, 0.05) is 0 Å². The summed E-state index contributed by atoms with van der Waals surface area (Å²) in [5, 5.41) is 13.6. The molecular weight excluding hydrogens is 134 g/mol. The maximum absolute atomic E-state index is 8.36. The van der Waals surface area contributed by atoms with Crippen molar-refractivity contribution in [2.24, 2.45) is 0 Å². The van der Waals surface area contributed by atoms with Crippen molar-refractivity contribution >= 4 is 0 Å². The molecule has 5 nitrogen and oxygen atoms in total. The molecule has 0 fully saturated rings. The molecule has 0 aromatic carbocycles. The summed E-state index contributed by atoms with van der Waals surface area (Å²) in [4.78, 5) is 8.36. The van der Waals surface area contributed by atoms with E-state index in [0.717, 1.165) is 0 Å². The summed E-state index contributed by atoms with van der Waals surface area (Å²) in [6.07, 6.45) is 0. The Bertz CT molecular complexity index is 30.5. The van der Waals surface area contributed by atoms with Gasteiger partial charge in [0.1, 0.15) is 0 Å². The molecule has 3 N–H and O–H groups in total. The zero-order chi connectivity index (χ0) is 3.58. The van der Waals surface area contributed by atoms with Gasteiger partial charge >= 0.3 is 17.1 Å². The van der Waals surface area contributed by atoms with Crippen molar-refractivity contribution in [2.75, 3.05) is 0 Å². The average Bonchev–Trinajstić information content (AvgIpc) is 0.811. The summed E-state index contributed by atoms with van der Waals surface area (Å²) in [5.74, 6) is 0. The Morgan fingerprint density at radius 2 is 1.67 bits per heavy atom. The first-order valence-electron chi connectivity index (χ1n) is 0.565. The summed E-state index contributed by atoms with van der Waals surface area (Å²) in [5.41, 5.74) is 0. The van der Waals surface area contributed by atoms with Crippen LogP contribution >= 0.6 is 0 Å². The van der Waals surface area contributed by atoms with Gasteiger partial charge in [-0.05, 0) is 0 Å². The number of nitrogens with zero attached hydrogens (tertiary/aromatic N) is 1. The summed E-state index contributed by atoms with van der Waals surface area (Å²) in [6, 6.07) is 0. The first-order chi connectivity index (χ1) is 1.73. The quantitative estimate of drug-likeness (QED) is 0.240. The van der Waals surface area contributed by atoms with E-state index in [-0.39, 0.29) is 22.5 Å². The van der Waals surface area contributed by atoms with Crippen molar-refractivity contribution in [1.82, 2.24) is 0 Å². The van der Waals surface area contributed by atoms with E-state index < -0.39 is 5.09 Å². The summed E-state index contributed by atoms with van der Waals surface area (Å²) < 4.78 is 0. The molecule has 0 heterocycles. The summed E-state index contributed by atoms with van der Waals surface area (Å²) in [6.45, 7) is 0. The van der Waals surface area contributed by atoms with Crippen LogP contribution in [-0.4, -0.2) is 15.8 Å². The van der Waals surface area contributed by atoms with Crippen LogP contribution in [0.4, 0.5) is 0 Å². The van der Waals surface area contributed by atoms with Gasteiger partial charge in [-0.25, -0.2) is 0 Å². The van der Waals surface area contributed by atoms with E-state index in [0.29, 0.717) is 0 Å². The second kappa shape index (κ2) is 8.82. The second-order valence-corrected chi connectivity index (χ2v) is 0.238. The van der Waals surface area contributed by atoms with Crippen LogP contribution in [0.1, 0.15) is 0 Å². The molecule has 6 heavy (non-hydrogen) atoms. The van der Waals surface area contributed by atoms with Crippen molar-refractivity contribution in [1.29, 1.82) is 0 Å². The van der Waals surface area contributed by atoms with Crippen molar-refractivity contribution in [2.45, 2.75) is 0 Å². The van der Waals surface area contributed by atoms with Crippen LogP contribution in [0, 0.1) is 10.1 Å². The third kappa shape index (κ3) is 257. The molecule has 0 saturated heterocycles. The van der Waals surface area contributed by atoms with E-state index in [1.165, 1.54) is 0 Å². The van der Waals surface area contributed by atoms with Gasteiger partial charge in [-0.3, -0.25) is 0 Å². The van der Waals surface area contributed by atoms with Crippen LogP contribution in [0.15, 0.2) is 0 Å². The average molecular weight is 140 g/mol. The van der Waals surface area contributed by atoms with E-state index in [4.69, 9.17) is 15.3 Å². The van der Waals surface area contributed by atoms with E-state index in [1.807, 2.05) is 0 Å². The molecule has 0 aliphatic carbocycles. The number of hydrogen-bond acceptors (Lipinski definition) is 2. The normalized spacial score (nSPS) is 4.00. The van der Waals surface area contributed by atoms with E-state index >= 15 is 0 Å². The predicted molar refractivity (Wildman–Crippen MR) is 16.6 cm³/mol. The molecule has 0 aliphatic rings. The Morgan fingerprint density at radius 1 is 1.67 bits per heavy atom. The first kappa shape index (κ1) is 17.3. The molecular formula is H6FeNO4. The molecule has 0 amide bonds. The van der Waals surface area contributed by atoms with Gasteiger partial charge in [-0.2, -0.15) is 0 Å². The van der Waals surface area contributed by atoms with Crippen LogP contribution < -0.4 is 0 Å². The fourth-order valence-corrected chi connectivity index (χ4v) is 0. The topological polar surface area (TPSA) is 94.9 Å². The maximum atomic E-state index is 8.36. The summed E-state index contributed by atoms with van der Waals surface area (Å²) >= 11 is 0. The van der Waals surface area contributed by atoms with Crippen molar-refractivity contribution in [3.05, 3.63) is 10.1 Å². The Balaban J connectivity index is -0.0000000450. The first-order valence-corrected chi connectivity index (χ1v) is 0.565. The monoisotopic (exact) mass is 140 g/mol. The Kier molecular flexibility index (Phi) is 25.5. The Morgan fingerprint density at radius 3 is 1.67 bits per heavy atom. The predicted octanol–water partition coefficient (Wildman–Crippen LogP) is -1.98. The van der Waals surface area contributed by atoms with Gasteiger partial charge in [0.15, 0.2) is 0 Å². The van der Waals surface area contributed by atoms with Crippen LogP contribution in [0.5, 0.6) is 0 Å². The van der Waals surface area contributed by atoms with E-state index in [2.05, 4.69) is 0 Å². The molecule has 0 aromatic rings. The second-order valence-electron chi connectivity index (χ2n) is 0.238. The van der Waals surface area contributed by atoms with Crippen molar-refractivity contribution < 1.29 is 32.8 Å². The third-order valence-electron chi connectivity index (χ3n) is 0. The van der Waals surface area contributed by atoms with Gasteiger partial charge < -0.3 is 10.7 Å². The molecule has 0 aliphatic heterocycles. The van der Waals surface area contributed by atoms with Gasteiger partial charge in [-0.1, -0.05) is 0 Å². The minimum atomic E-state index is -1.50. The molecule has 0 aromatic heterocycles. The molecule has 43 valence electrons. The minimum absolute atomic E-state index is 0. The molecule has 0 rings (SSSR count). The Labute approximate surface area is 43.9 Å². The summed E-state index contributed by atoms with van der Waals surface area (Å²) in [7, 11) is 0. The molecule has 0 radical (unpaired) electrons. The van der Waals surface area contributed by atoms with Crippen LogP contribution in [-0.2, 0) is 17.1 Å². The fourth-order valence-electron chi connectivity index (χ4n) is 0. The zero-order valence-electron chi connectivity index (χ0n) is 2.66. The standard InChI is InChI=1S/Fe.HNO3.H2O.3H/c;2-1(3)4;;;;/h;(H,2,3,4);1H2;;;. The Hall–Kier alpha value is -0.321. The molecule has 0 spiro atoms. The zero-order valence-corrected chi connectivity index (χ0v) is 4.05. The number of rotatable bonds is 0. The van der Waals surface area contributed by atoms with Gasteiger partial charge in [0.2, 0.25) is 0 Å². The molecule has 0 bridgehead atoms. The van der Waals surface area contributed by atoms with Gasteiger partial charge in [0.25, 0.3) is 5.09 Å². The van der Waals surface area contributed by atoms with Gasteiger partial charge in [-0.15, -0.1) is 10.1 Å². The third-order valence-corrected chi connectivity index (χ3v) is 0. The molecule has 0 atom stereocenters. The fraction of sp³-hybridized carbons (Fsp3) is 0. The van der Waals surface area contributed by atoms with Gasteiger partial charge in [0.05, 0.1) is 0 Å². The van der Waals surface area contributed by atoms with E-state index in [1.54, 1.807) is 0 Å².